The number of para-hydroxylation sites is 2. The lowest BCUT2D eigenvalue weighted by Gasteiger charge is -2.23. The molecule has 4 heteroatoms. The summed E-state index contributed by atoms with van der Waals surface area (Å²) in [4.78, 5) is 4.94. The first kappa shape index (κ1) is 19.0. The normalized spacial score (nSPS) is 16.4. The van der Waals surface area contributed by atoms with Gasteiger partial charge in [0.2, 0.25) is 0 Å². The number of aliphatic hydroxyl groups excluding tert-OH is 1. The third kappa shape index (κ3) is 3.93. The van der Waals surface area contributed by atoms with Crippen molar-refractivity contribution in [3.8, 4) is 5.75 Å². The highest BCUT2D eigenvalue weighted by atomic mass is 16.5. The van der Waals surface area contributed by atoms with E-state index in [1.165, 1.54) is 37.7 Å². The van der Waals surface area contributed by atoms with Gasteiger partial charge < -0.3 is 14.4 Å². The van der Waals surface area contributed by atoms with Crippen molar-refractivity contribution in [3.05, 3.63) is 59.4 Å². The molecule has 0 aliphatic heterocycles. The van der Waals surface area contributed by atoms with E-state index in [4.69, 9.17) is 9.72 Å². The summed E-state index contributed by atoms with van der Waals surface area (Å²) in [6.07, 6.45) is 5.66. The molecule has 1 heterocycles. The van der Waals surface area contributed by atoms with Crippen LogP contribution in [0.25, 0.3) is 11.0 Å². The van der Waals surface area contributed by atoms with Crippen LogP contribution in [0.2, 0.25) is 0 Å². The van der Waals surface area contributed by atoms with Crippen molar-refractivity contribution in [3.63, 3.8) is 0 Å². The first-order valence-electron chi connectivity index (χ1n) is 10.5. The average molecular weight is 379 g/mol. The second-order valence-electron chi connectivity index (χ2n) is 8.07. The Hall–Kier alpha value is -2.33. The van der Waals surface area contributed by atoms with E-state index in [1.807, 2.05) is 24.3 Å². The molecule has 0 amide bonds. The summed E-state index contributed by atoms with van der Waals surface area (Å²) >= 11 is 0. The van der Waals surface area contributed by atoms with Gasteiger partial charge in [0.05, 0.1) is 17.6 Å². The highest BCUT2D eigenvalue weighted by molar-refractivity contribution is 5.76. The maximum absolute atomic E-state index is 10.8. The van der Waals surface area contributed by atoms with Crippen LogP contribution in [0.1, 0.15) is 55.0 Å². The topological polar surface area (TPSA) is 47.3 Å². The quantitative estimate of drug-likeness (QED) is 0.646. The zero-order chi connectivity index (χ0) is 19.5. The lowest BCUT2D eigenvalue weighted by molar-refractivity contribution is 0.0918. The van der Waals surface area contributed by atoms with E-state index >= 15 is 0 Å². The molecule has 4 rings (SSSR count). The molecule has 1 N–H and O–H groups in total. The predicted molar refractivity (Wildman–Crippen MR) is 113 cm³/mol. The van der Waals surface area contributed by atoms with E-state index in [0.29, 0.717) is 12.5 Å². The highest BCUT2D eigenvalue weighted by Crippen LogP contribution is 2.34. The largest absolute Gasteiger partial charge is 0.491 e. The minimum atomic E-state index is -0.583. The number of hydrogen-bond acceptors (Lipinski definition) is 3. The van der Waals surface area contributed by atoms with Crippen LogP contribution < -0.4 is 4.74 Å². The Morgan fingerprint density at radius 2 is 1.86 bits per heavy atom. The second-order valence-corrected chi connectivity index (χ2v) is 8.07. The number of fused-ring (bicyclic) bond motifs is 1. The van der Waals surface area contributed by atoms with Crippen molar-refractivity contribution in [2.24, 2.45) is 0 Å². The van der Waals surface area contributed by atoms with Crippen molar-refractivity contribution in [1.29, 1.82) is 0 Å². The summed E-state index contributed by atoms with van der Waals surface area (Å²) in [6.45, 7) is 4.92. The Kier molecular flexibility index (Phi) is 5.67. The SMILES string of the molecule is Cc1cccc(OC[C@@H](O)Cn2c(C3CCCCC3)nc3ccccc32)c1C. The minimum absolute atomic E-state index is 0.279. The maximum atomic E-state index is 10.8. The summed E-state index contributed by atoms with van der Waals surface area (Å²) in [5.41, 5.74) is 4.46. The van der Waals surface area contributed by atoms with Gasteiger partial charge in [0.15, 0.2) is 0 Å². The third-order valence-electron chi connectivity index (χ3n) is 6.03. The van der Waals surface area contributed by atoms with Gasteiger partial charge in [-0.2, -0.15) is 0 Å². The molecule has 148 valence electrons. The first-order chi connectivity index (χ1) is 13.6. The number of aliphatic hydroxyl groups is 1. The zero-order valence-corrected chi connectivity index (χ0v) is 16.9. The minimum Gasteiger partial charge on any atom is -0.491 e. The van der Waals surface area contributed by atoms with Crippen LogP contribution in [0.15, 0.2) is 42.5 Å². The zero-order valence-electron chi connectivity index (χ0n) is 16.9. The third-order valence-corrected chi connectivity index (χ3v) is 6.03. The van der Waals surface area contributed by atoms with Crippen LogP contribution in [0.3, 0.4) is 0 Å². The smallest absolute Gasteiger partial charge is 0.122 e. The van der Waals surface area contributed by atoms with Gasteiger partial charge in [0.25, 0.3) is 0 Å². The summed E-state index contributed by atoms with van der Waals surface area (Å²) in [5, 5.41) is 10.8. The molecule has 2 aromatic carbocycles. The van der Waals surface area contributed by atoms with Crippen LogP contribution in [0.4, 0.5) is 0 Å². The summed E-state index contributed by atoms with van der Waals surface area (Å²) in [6, 6.07) is 14.3. The van der Waals surface area contributed by atoms with Gasteiger partial charge in [0.1, 0.15) is 24.3 Å². The second kappa shape index (κ2) is 8.36. The first-order valence-corrected chi connectivity index (χ1v) is 10.5. The number of aromatic nitrogens is 2. The van der Waals surface area contributed by atoms with E-state index in [1.54, 1.807) is 0 Å². The number of ether oxygens (including phenoxy) is 1. The fourth-order valence-electron chi connectivity index (χ4n) is 4.29. The fraction of sp³-hybridized carbons (Fsp3) is 0.458. The molecule has 1 aliphatic rings. The molecule has 1 aliphatic carbocycles. The number of benzene rings is 2. The molecule has 4 nitrogen and oxygen atoms in total. The van der Waals surface area contributed by atoms with Gasteiger partial charge in [-0.25, -0.2) is 4.98 Å². The van der Waals surface area contributed by atoms with Crippen LogP contribution in [-0.4, -0.2) is 27.4 Å². The predicted octanol–water partition coefficient (Wildman–Crippen LogP) is 5.14. The van der Waals surface area contributed by atoms with Gasteiger partial charge in [-0.3, -0.25) is 0 Å². The molecule has 0 bridgehead atoms. The Morgan fingerprint density at radius 1 is 1.07 bits per heavy atom. The molecule has 1 aromatic heterocycles. The van der Waals surface area contributed by atoms with Gasteiger partial charge in [0, 0.05) is 5.92 Å². The Labute approximate surface area is 167 Å². The molecular formula is C24H30N2O2. The Morgan fingerprint density at radius 3 is 2.68 bits per heavy atom. The number of imidazole rings is 1. The monoisotopic (exact) mass is 378 g/mol. The average Bonchev–Trinajstić information content (AvgIpc) is 3.08. The molecule has 0 spiro atoms. The maximum Gasteiger partial charge on any atom is 0.122 e. The molecule has 3 aromatic rings. The summed E-state index contributed by atoms with van der Waals surface area (Å²) in [7, 11) is 0. The van der Waals surface area contributed by atoms with E-state index < -0.39 is 6.10 Å². The molecule has 1 atom stereocenters. The Bertz CT molecular complexity index is 941. The molecular weight excluding hydrogens is 348 g/mol. The van der Waals surface area contributed by atoms with Crippen molar-refractivity contribution in [1.82, 2.24) is 9.55 Å². The van der Waals surface area contributed by atoms with Crippen molar-refractivity contribution < 1.29 is 9.84 Å². The van der Waals surface area contributed by atoms with Gasteiger partial charge in [-0.15, -0.1) is 0 Å². The van der Waals surface area contributed by atoms with Crippen LogP contribution in [0.5, 0.6) is 5.75 Å². The van der Waals surface area contributed by atoms with Crippen molar-refractivity contribution >= 4 is 11.0 Å². The lowest BCUT2D eigenvalue weighted by Crippen LogP contribution is -2.25. The van der Waals surface area contributed by atoms with Gasteiger partial charge >= 0.3 is 0 Å². The van der Waals surface area contributed by atoms with E-state index in [0.717, 1.165) is 28.2 Å². The van der Waals surface area contributed by atoms with Crippen molar-refractivity contribution in [2.45, 2.75) is 64.5 Å². The fourth-order valence-corrected chi connectivity index (χ4v) is 4.29. The summed E-state index contributed by atoms with van der Waals surface area (Å²) in [5.74, 6) is 2.47. The molecule has 1 saturated carbocycles. The standard InChI is InChI=1S/C24H30N2O2/c1-17-9-8-14-23(18(17)2)28-16-20(27)15-26-22-13-7-6-12-21(22)25-24(26)19-10-4-3-5-11-19/h6-9,12-14,19-20,27H,3-5,10-11,15-16H2,1-2H3/t20-/m0/s1. The lowest BCUT2D eigenvalue weighted by atomic mass is 9.88. The number of hydrogen-bond donors (Lipinski definition) is 1. The Balaban J connectivity index is 1.53. The van der Waals surface area contributed by atoms with Crippen LogP contribution >= 0.6 is 0 Å². The highest BCUT2D eigenvalue weighted by Gasteiger charge is 2.23. The molecule has 28 heavy (non-hydrogen) atoms. The van der Waals surface area contributed by atoms with E-state index in [-0.39, 0.29) is 6.61 Å². The van der Waals surface area contributed by atoms with Crippen LogP contribution in [0, 0.1) is 13.8 Å². The number of aryl methyl sites for hydroxylation is 1. The summed E-state index contributed by atoms with van der Waals surface area (Å²) < 4.78 is 8.17. The molecule has 0 radical (unpaired) electrons. The van der Waals surface area contributed by atoms with Gasteiger partial charge in [-0.05, 0) is 56.0 Å². The van der Waals surface area contributed by atoms with Crippen molar-refractivity contribution in [2.75, 3.05) is 6.61 Å². The van der Waals surface area contributed by atoms with E-state index in [9.17, 15) is 5.11 Å². The van der Waals surface area contributed by atoms with Crippen LogP contribution in [-0.2, 0) is 6.54 Å². The van der Waals surface area contributed by atoms with E-state index in [2.05, 4.69) is 36.6 Å². The molecule has 1 fully saturated rings. The van der Waals surface area contributed by atoms with Gasteiger partial charge in [-0.1, -0.05) is 43.5 Å². The number of rotatable bonds is 6. The molecule has 0 unspecified atom stereocenters. The molecule has 0 saturated heterocycles. The number of nitrogens with zero attached hydrogens (tertiary/aromatic N) is 2.